The van der Waals surface area contributed by atoms with Crippen molar-refractivity contribution in [3.63, 3.8) is 0 Å². The molecule has 2 N–H and O–H groups in total. The molecule has 5 heteroatoms. The third kappa shape index (κ3) is 2.65. The lowest BCUT2D eigenvalue weighted by molar-refractivity contribution is 0.0427. The Morgan fingerprint density at radius 2 is 2.06 bits per heavy atom. The van der Waals surface area contributed by atoms with E-state index in [4.69, 9.17) is 10.5 Å². The summed E-state index contributed by atoms with van der Waals surface area (Å²) < 4.78 is 5.23. The molecule has 1 aliphatic heterocycles. The summed E-state index contributed by atoms with van der Waals surface area (Å²) in [5.74, 6) is 0.602. The van der Waals surface area contributed by atoms with Crippen LogP contribution < -0.4 is 5.73 Å². The summed E-state index contributed by atoms with van der Waals surface area (Å²) in [5.41, 5.74) is 5.73. The van der Waals surface area contributed by atoms with E-state index < -0.39 is 0 Å². The maximum atomic E-state index is 12.0. The number of ether oxygens (including phenoxy) is 1. The lowest BCUT2D eigenvalue weighted by atomic mass is 9.81. The van der Waals surface area contributed by atoms with Gasteiger partial charge in [0.1, 0.15) is 0 Å². The number of nitrogens with zero attached hydrogens (tertiary/aromatic N) is 2. The van der Waals surface area contributed by atoms with Gasteiger partial charge in [0.2, 0.25) is 0 Å². The van der Waals surface area contributed by atoms with E-state index in [1.165, 1.54) is 0 Å². The lowest BCUT2D eigenvalue weighted by Gasteiger charge is -2.37. The van der Waals surface area contributed by atoms with Crippen molar-refractivity contribution in [1.82, 2.24) is 9.80 Å². The van der Waals surface area contributed by atoms with Crippen LogP contribution in [0.4, 0.5) is 4.79 Å². The Kier molecular flexibility index (Phi) is 3.66. The van der Waals surface area contributed by atoms with Crippen molar-refractivity contribution in [2.75, 3.05) is 39.9 Å². The summed E-state index contributed by atoms with van der Waals surface area (Å²) in [7, 11) is 1.88. The van der Waals surface area contributed by atoms with Crippen molar-refractivity contribution in [1.29, 1.82) is 0 Å². The Balaban J connectivity index is 1.74. The van der Waals surface area contributed by atoms with Crippen molar-refractivity contribution >= 4 is 6.03 Å². The maximum Gasteiger partial charge on any atom is 0.319 e. The highest BCUT2D eigenvalue weighted by Crippen LogP contribution is 2.26. The van der Waals surface area contributed by atoms with Crippen LogP contribution >= 0.6 is 0 Å². The number of hydrogen-bond donors (Lipinski definition) is 1. The van der Waals surface area contributed by atoms with E-state index >= 15 is 0 Å². The van der Waals surface area contributed by atoms with Crippen LogP contribution in [0.2, 0.25) is 0 Å². The number of amides is 2. The molecule has 1 saturated carbocycles. The van der Waals surface area contributed by atoms with Crippen LogP contribution in [-0.4, -0.2) is 61.8 Å². The molecule has 0 spiro atoms. The first-order valence-corrected chi connectivity index (χ1v) is 6.00. The molecule has 1 aliphatic carbocycles. The maximum absolute atomic E-state index is 12.0. The second kappa shape index (κ2) is 5.01. The van der Waals surface area contributed by atoms with Crippen molar-refractivity contribution in [2.45, 2.75) is 18.9 Å². The van der Waals surface area contributed by atoms with Crippen LogP contribution in [0.3, 0.4) is 0 Å². The van der Waals surface area contributed by atoms with Gasteiger partial charge in [0.25, 0.3) is 0 Å². The van der Waals surface area contributed by atoms with Crippen LogP contribution in [0.5, 0.6) is 0 Å². The molecule has 1 heterocycles. The Morgan fingerprint density at radius 1 is 1.44 bits per heavy atom. The SMILES string of the molecule is CN(CC1CC(N)C1)C(=O)N1CCOCC1. The Labute approximate surface area is 96.5 Å². The van der Waals surface area contributed by atoms with E-state index in [1.54, 1.807) is 0 Å². The fourth-order valence-corrected chi connectivity index (χ4v) is 2.40. The van der Waals surface area contributed by atoms with E-state index in [2.05, 4.69) is 0 Å². The molecule has 2 amide bonds. The monoisotopic (exact) mass is 227 g/mol. The molecule has 2 fully saturated rings. The minimum Gasteiger partial charge on any atom is -0.378 e. The number of carbonyl (C=O) groups excluding carboxylic acids is 1. The average molecular weight is 227 g/mol. The van der Waals surface area contributed by atoms with Crippen molar-refractivity contribution in [3.8, 4) is 0 Å². The van der Waals surface area contributed by atoms with Crippen LogP contribution in [0.1, 0.15) is 12.8 Å². The summed E-state index contributed by atoms with van der Waals surface area (Å²) in [6, 6.07) is 0.487. The second-order valence-electron chi connectivity index (χ2n) is 4.86. The van der Waals surface area contributed by atoms with Crippen molar-refractivity contribution in [3.05, 3.63) is 0 Å². The first kappa shape index (κ1) is 11.7. The van der Waals surface area contributed by atoms with Crippen LogP contribution in [0, 0.1) is 5.92 Å². The van der Waals surface area contributed by atoms with Crippen LogP contribution in [-0.2, 0) is 4.74 Å². The number of urea groups is 1. The first-order valence-electron chi connectivity index (χ1n) is 6.00. The fourth-order valence-electron chi connectivity index (χ4n) is 2.40. The molecule has 92 valence electrons. The molecule has 0 aromatic rings. The molecule has 0 aromatic carbocycles. The summed E-state index contributed by atoms with van der Waals surface area (Å²) in [5, 5.41) is 0. The Hall–Kier alpha value is -0.810. The predicted octanol–water partition coefficient (Wildman–Crippen LogP) is 0.108. The Morgan fingerprint density at radius 3 is 2.62 bits per heavy atom. The van der Waals surface area contributed by atoms with Gasteiger partial charge in [0.15, 0.2) is 0 Å². The minimum atomic E-state index is 0.128. The fraction of sp³-hybridized carbons (Fsp3) is 0.909. The number of rotatable bonds is 2. The van der Waals surface area contributed by atoms with E-state index in [9.17, 15) is 4.79 Å². The van der Waals surface area contributed by atoms with E-state index in [0.29, 0.717) is 38.3 Å². The quantitative estimate of drug-likeness (QED) is 0.728. The highest BCUT2D eigenvalue weighted by molar-refractivity contribution is 5.74. The average Bonchev–Trinajstić information content (AvgIpc) is 2.27. The number of morpholine rings is 1. The normalized spacial score (nSPS) is 29.8. The Bertz CT molecular complexity index is 248. The highest BCUT2D eigenvalue weighted by atomic mass is 16.5. The largest absolute Gasteiger partial charge is 0.378 e. The van der Waals surface area contributed by atoms with E-state index in [1.807, 2.05) is 16.8 Å². The predicted molar refractivity (Wildman–Crippen MR) is 61.1 cm³/mol. The molecule has 16 heavy (non-hydrogen) atoms. The summed E-state index contributed by atoms with van der Waals surface area (Å²) in [6.45, 7) is 3.59. The molecule has 0 atom stereocenters. The summed E-state index contributed by atoms with van der Waals surface area (Å²) in [6.07, 6.45) is 2.11. The zero-order valence-electron chi connectivity index (χ0n) is 9.89. The molecule has 0 unspecified atom stereocenters. The number of hydrogen-bond acceptors (Lipinski definition) is 3. The highest BCUT2D eigenvalue weighted by Gasteiger charge is 2.29. The van der Waals surface area contributed by atoms with Gasteiger partial charge in [-0.05, 0) is 18.8 Å². The molecule has 5 nitrogen and oxygen atoms in total. The van der Waals surface area contributed by atoms with Gasteiger partial charge in [-0.2, -0.15) is 0 Å². The van der Waals surface area contributed by atoms with Gasteiger partial charge in [0.05, 0.1) is 13.2 Å². The zero-order chi connectivity index (χ0) is 11.5. The smallest absolute Gasteiger partial charge is 0.319 e. The van der Waals surface area contributed by atoms with Gasteiger partial charge in [0, 0.05) is 32.7 Å². The van der Waals surface area contributed by atoms with Crippen molar-refractivity contribution in [2.24, 2.45) is 11.7 Å². The van der Waals surface area contributed by atoms with Gasteiger partial charge in [-0.25, -0.2) is 4.79 Å². The van der Waals surface area contributed by atoms with Gasteiger partial charge < -0.3 is 20.3 Å². The molecule has 2 aliphatic rings. The van der Waals surface area contributed by atoms with Gasteiger partial charge in [-0.3, -0.25) is 0 Å². The first-order chi connectivity index (χ1) is 7.66. The lowest BCUT2D eigenvalue weighted by Crippen LogP contribution is -2.50. The molecule has 0 aromatic heterocycles. The second-order valence-corrected chi connectivity index (χ2v) is 4.86. The molecule has 1 saturated heterocycles. The van der Waals surface area contributed by atoms with Gasteiger partial charge in [-0.1, -0.05) is 0 Å². The number of carbonyl (C=O) groups is 1. The molecule has 2 rings (SSSR count). The number of nitrogens with two attached hydrogens (primary N) is 1. The van der Waals surface area contributed by atoms with Crippen LogP contribution in [0.25, 0.3) is 0 Å². The van der Waals surface area contributed by atoms with Gasteiger partial charge >= 0.3 is 6.03 Å². The zero-order valence-corrected chi connectivity index (χ0v) is 9.89. The third-order valence-electron chi connectivity index (χ3n) is 3.41. The minimum absolute atomic E-state index is 0.128. The standard InChI is InChI=1S/C11H21N3O2/c1-13(8-9-6-10(12)7-9)11(15)14-2-4-16-5-3-14/h9-10H,2-8,12H2,1H3. The summed E-state index contributed by atoms with van der Waals surface area (Å²) in [4.78, 5) is 15.7. The summed E-state index contributed by atoms with van der Waals surface area (Å²) >= 11 is 0. The third-order valence-corrected chi connectivity index (χ3v) is 3.41. The molecule has 0 bridgehead atoms. The van der Waals surface area contributed by atoms with Crippen molar-refractivity contribution < 1.29 is 9.53 Å². The molecular weight excluding hydrogens is 206 g/mol. The van der Waals surface area contributed by atoms with E-state index in [0.717, 1.165) is 19.4 Å². The topological polar surface area (TPSA) is 58.8 Å². The van der Waals surface area contributed by atoms with Gasteiger partial charge in [-0.15, -0.1) is 0 Å². The molecule has 0 radical (unpaired) electrons. The van der Waals surface area contributed by atoms with E-state index in [-0.39, 0.29) is 6.03 Å². The molecular formula is C11H21N3O2. The van der Waals surface area contributed by atoms with Crippen LogP contribution in [0.15, 0.2) is 0 Å².